The Bertz CT molecular complexity index is 537. The van der Waals surface area contributed by atoms with Crippen LogP contribution in [0.1, 0.15) is 44.5 Å². The summed E-state index contributed by atoms with van der Waals surface area (Å²) in [5, 5.41) is 9.43. The van der Waals surface area contributed by atoms with Crippen LogP contribution in [0.15, 0.2) is 18.2 Å². The molecule has 1 unspecified atom stereocenters. The second kappa shape index (κ2) is 4.93. The van der Waals surface area contributed by atoms with E-state index in [1.54, 1.807) is 12.1 Å². The zero-order valence-electron chi connectivity index (χ0n) is 12.1. The molecule has 1 aromatic rings. The van der Waals surface area contributed by atoms with E-state index in [0.717, 1.165) is 0 Å². The Morgan fingerprint density at radius 3 is 2.55 bits per heavy atom. The number of halogens is 1. The molecule has 2 rings (SSSR count). The first-order valence-corrected chi connectivity index (χ1v) is 6.89. The van der Waals surface area contributed by atoms with Crippen molar-refractivity contribution >= 4 is 17.6 Å². The molecule has 0 spiro atoms. The van der Waals surface area contributed by atoms with Crippen molar-refractivity contribution in [3.05, 3.63) is 28.8 Å². The summed E-state index contributed by atoms with van der Waals surface area (Å²) in [6.07, 6.45) is 0.458. The van der Waals surface area contributed by atoms with Crippen LogP contribution in [0.5, 0.6) is 5.75 Å². The van der Waals surface area contributed by atoms with E-state index in [4.69, 9.17) is 21.1 Å². The number of carboxylic acid groups (broad SMARTS) is 1. The van der Waals surface area contributed by atoms with Crippen LogP contribution in [0.4, 0.5) is 0 Å². The van der Waals surface area contributed by atoms with Crippen molar-refractivity contribution in [2.24, 2.45) is 0 Å². The zero-order chi connectivity index (χ0) is 15.1. The number of aromatic carboxylic acids is 1. The van der Waals surface area contributed by atoms with E-state index < -0.39 is 11.6 Å². The molecule has 0 bridgehead atoms. The molecule has 1 aromatic carbocycles. The second-order valence-electron chi connectivity index (χ2n) is 6.19. The summed E-state index contributed by atoms with van der Waals surface area (Å²) in [4.78, 5) is 11.3. The molecule has 1 heterocycles. The molecule has 0 saturated carbocycles. The van der Waals surface area contributed by atoms with Crippen LogP contribution in [0, 0.1) is 0 Å². The maximum absolute atomic E-state index is 11.3. The number of rotatable bonds is 3. The molecule has 20 heavy (non-hydrogen) atoms. The van der Waals surface area contributed by atoms with Gasteiger partial charge in [-0.3, -0.25) is 0 Å². The molecule has 1 saturated heterocycles. The first-order valence-electron chi connectivity index (χ1n) is 6.51. The molecule has 1 fully saturated rings. The summed E-state index contributed by atoms with van der Waals surface area (Å²) >= 11 is 5.94. The average molecular weight is 299 g/mol. The predicted octanol–water partition coefficient (Wildman–Crippen LogP) is 3.76. The SMILES string of the molecule is CC1(C)CC(Oc2cccc(Cl)c2C(=O)O)C(C)(C)O1. The molecule has 4 nitrogen and oxygen atoms in total. The third-order valence-electron chi connectivity index (χ3n) is 3.45. The molecular weight excluding hydrogens is 280 g/mol. The first-order chi connectivity index (χ1) is 9.12. The Morgan fingerprint density at radius 2 is 2.05 bits per heavy atom. The summed E-state index contributed by atoms with van der Waals surface area (Å²) in [6, 6.07) is 4.84. The van der Waals surface area contributed by atoms with Gasteiger partial charge in [-0.25, -0.2) is 4.79 Å². The third-order valence-corrected chi connectivity index (χ3v) is 3.77. The highest BCUT2D eigenvalue weighted by atomic mass is 35.5. The van der Waals surface area contributed by atoms with Gasteiger partial charge < -0.3 is 14.6 Å². The molecule has 1 atom stereocenters. The molecule has 1 aliphatic heterocycles. The fourth-order valence-corrected chi connectivity index (χ4v) is 2.91. The lowest BCUT2D eigenvalue weighted by molar-refractivity contribution is -0.0846. The Kier molecular flexibility index (Phi) is 3.73. The van der Waals surface area contributed by atoms with Crippen molar-refractivity contribution in [1.29, 1.82) is 0 Å². The van der Waals surface area contributed by atoms with E-state index in [-0.39, 0.29) is 28.0 Å². The number of hydrogen-bond donors (Lipinski definition) is 1. The Labute approximate surface area is 123 Å². The molecule has 0 aromatic heterocycles. The molecule has 0 amide bonds. The summed E-state index contributed by atoms with van der Waals surface area (Å²) < 4.78 is 11.9. The summed E-state index contributed by atoms with van der Waals surface area (Å²) in [5.74, 6) is -0.814. The molecule has 5 heteroatoms. The minimum absolute atomic E-state index is 0.00493. The maximum atomic E-state index is 11.3. The molecule has 0 aliphatic carbocycles. The Morgan fingerprint density at radius 1 is 1.40 bits per heavy atom. The largest absolute Gasteiger partial charge is 0.486 e. The average Bonchev–Trinajstić information content (AvgIpc) is 2.45. The van der Waals surface area contributed by atoms with Crippen molar-refractivity contribution in [3.8, 4) is 5.75 Å². The van der Waals surface area contributed by atoms with Crippen LogP contribution < -0.4 is 4.74 Å². The fourth-order valence-electron chi connectivity index (χ4n) is 2.66. The van der Waals surface area contributed by atoms with E-state index >= 15 is 0 Å². The lowest BCUT2D eigenvalue weighted by atomic mass is 9.97. The van der Waals surface area contributed by atoms with E-state index in [0.29, 0.717) is 6.42 Å². The quantitative estimate of drug-likeness (QED) is 0.923. The highest BCUT2D eigenvalue weighted by molar-refractivity contribution is 6.33. The van der Waals surface area contributed by atoms with Gasteiger partial charge in [-0.05, 0) is 39.8 Å². The van der Waals surface area contributed by atoms with Crippen LogP contribution in [0.3, 0.4) is 0 Å². The molecule has 1 N–H and O–H groups in total. The van der Waals surface area contributed by atoms with E-state index in [1.165, 1.54) is 6.07 Å². The van der Waals surface area contributed by atoms with Crippen LogP contribution in [-0.2, 0) is 4.74 Å². The van der Waals surface area contributed by atoms with Gasteiger partial charge in [0.1, 0.15) is 23.0 Å². The van der Waals surface area contributed by atoms with Gasteiger partial charge in [0.05, 0.1) is 10.6 Å². The number of ether oxygens (including phenoxy) is 2. The van der Waals surface area contributed by atoms with Gasteiger partial charge in [-0.15, -0.1) is 0 Å². The van der Waals surface area contributed by atoms with Gasteiger partial charge in [0.2, 0.25) is 0 Å². The Balaban J connectivity index is 2.32. The minimum Gasteiger partial charge on any atom is -0.486 e. The molecule has 1 aliphatic rings. The number of benzene rings is 1. The predicted molar refractivity (Wildman–Crippen MR) is 76.7 cm³/mol. The summed E-state index contributed by atoms with van der Waals surface area (Å²) in [6.45, 7) is 7.87. The standard InChI is InChI=1S/C15H19ClO4/c1-14(2)8-11(15(3,4)20-14)19-10-7-5-6-9(16)12(10)13(17)18/h5-7,11H,8H2,1-4H3,(H,17,18). The second-order valence-corrected chi connectivity index (χ2v) is 6.60. The first kappa shape index (κ1) is 15.1. The summed E-state index contributed by atoms with van der Waals surface area (Å²) in [7, 11) is 0. The van der Waals surface area contributed by atoms with Crippen molar-refractivity contribution in [2.45, 2.75) is 51.4 Å². The highest BCUT2D eigenvalue weighted by Gasteiger charge is 2.47. The van der Waals surface area contributed by atoms with E-state index in [2.05, 4.69) is 0 Å². The molecule has 110 valence electrons. The van der Waals surface area contributed by atoms with Crippen molar-refractivity contribution in [1.82, 2.24) is 0 Å². The van der Waals surface area contributed by atoms with Crippen molar-refractivity contribution in [2.75, 3.05) is 0 Å². The molecular formula is C15H19ClO4. The van der Waals surface area contributed by atoms with Gasteiger partial charge in [0.25, 0.3) is 0 Å². The van der Waals surface area contributed by atoms with Crippen molar-refractivity contribution in [3.63, 3.8) is 0 Å². The normalized spacial score (nSPS) is 23.6. The monoisotopic (exact) mass is 298 g/mol. The fraction of sp³-hybridized carbons (Fsp3) is 0.533. The van der Waals surface area contributed by atoms with Crippen LogP contribution in [-0.4, -0.2) is 28.4 Å². The summed E-state index contributed by atoms with van der Waals surface area (Å²) in [5.41, 5.74) is -0.785. The third kappa shape index (κ3) is 2.91. The Hall–Kier alpha value is -1.26. The minimum atomic E-state index is -1.10. The molecule has 0 radical (unpaired) electrons. The van der Waals surface area contributed by atoms with Gasteiger partial charge in [0, 0.05) is 6.42 Å². The topological polar surface area (TPSA) is 55.8 Å². The van der Waals surface area contributed by atoms with Gasteiger partial charge in [-0.2, -0.15) is 0 Å². The highest BCUT2D eigenvalue weighted by Crippen LogP contribution is 2.40. The van der Waals surface area contributed by atoms with E-state index in [9.17, 15) is 9.90 Å². The maximum Gasteiger partial charge on any atom is 0.341 e. The lowest BCUT2D eigenvalue weighted by Crippen LogP contribution is -2.37. The van der Waals surface area contributed by atoms with Crippen LogP contribution >= 0.6 is 11.6 Å². The van der Waals surface area contributed by atoms with Crippen LogP contribution in [0.2, 0.25) is 5.02 Å². The number of hydrogen-bond acceptors (Lipinski definition) is 3. The number of carboxylic acids is 1. The van der Waals surface area contributed by atoms with Gasteiger partial charge >= 0.3 is 5.97 Å². The lowest BCUT2D eigenvalue weighted by Gasteiger charge is -2.27. The van der Waals surface area contributed by atoms with Gasteiger partial charge in [-0.1, -0.05) is 17.7 Å². The zero-order valence-corrected chi connectivity index (χ0v) is 12.8. The van der Waals surface area contributed by atoms with Crippen molar-refractivity contribution < 1.29 is 19.4 Å². The van der Waals surface area contributed by atoms with E-state index in [1.807, 2.05) is 27.7 Å². The smallest absolute Gasteiger partial charge is 0.341 e. The van der Waals surface area contributed by atoms with Gasteiger partial charge in [0.15, 0.2) is 0 Å². The number of carbonyl (C=O) groups is 1. The van der Waals surface area contributed by atoms with Crippen LogP contribution in [0.25, 0.3) is 0 Å².